The molecule has 0 saturated heterocycles. The van der Waals surface area contributed by atoms with E-state index in [1.807, 2.05) is 25.1 Å². The molecule has 0 aliphatic heterocycles. The molecule has 2 unspecified atom stereocenters. The number of nitrogens with two attached hydrogens (primary N) is 1. The third-order valence-corrected chi connectivity index (χ3v) is 5.07. The second-order valence-corrected chi connectivity index (χ2v) is 5.97. The summed E-state index contributed by atoms with van der Waals surface area (Å²) in [6.45, 7) is 4.17. The first-order valence-corrected chi connectivity index (χ1v) is 6.88. The molecule has 1 aliphatic rings. The fourth-order valence-electron chi connectivity index (χ4n) is 3.33. The number of hydrogen-bond acceptors (Lipinski definition) is 2. The number of methoxy groups -OCH3 is 1. The number of rotatable bonds is 3. The molecule has 0 bridgehead atoms. The van der Waals surface area contributed by atoms with E-state index in [0.29, 0.717) is 0 Å². The number of ether oxygens (including phenoxy) is 1. The van der Waals surface area contributed by atoms with Crippen LogP contribution in [-0.4, -0.2) is 13.0 Å². The van der Waals surface area contributed by atoms with Crippen molar-refractivity contribution in [3.63, 3.8) is 0 Å². The first-order valence-electron chi connectivity index (χ1n) is 6.88. The van der Waals surface area contributed by atoms with Gasteiger partial charge in [0.15, 0.2) is 0 Å². The van der Waals surface area contributed by atoms with Gasteiger partial charge in [0, 0.05) is 5.41 Å². The molecule has 104 valence electrons. The molecule has 2 rings (SSSR count). The van der Waals surface area contributed by atoms with Crippen LogP contribution in [0.3, 0.4) is 0 Å². The van der Waals surface area contributed by atoms with Crippen molar-refractivity contribution in [1.29, 1.82) is 0 Å². The van der Waals surface area contributed by atoms with E-state index in [-0.39, 0.29) is 11.3 Å². The Morgan fingerprint density at radius 3 is 2.58 bits per heavy atom. The average molecular weight is 261 g/mol. The van der Waals surface area contributed by atoms with Crippen molar-refractivity contribution in [2.75, 3.05) is 7.11 Å². The first kappa shape index (κ1) is 13.9. The molecule has 19 heavy (non-hydrogen) atoms. The van der Waals surface area contributed by atoms with Crippen molar-refractivity contribution in [3.8, 4) is 5.75 Å². The number of carbonyl (C=O) groups is 1. The Bertz CT molecular complexity index is 485. The van der Waals surface area contributed by atoms with E-state index in [4.69, 9.17) is 10.5 Å². The zero-order valence-electron chi connectivity index (χ0n) is 12.0. The summed E-state index contributed by atoms with van der Waals surface area (Å²) in [6.07, 6.45) is 4.05. The van der Waals surface area contributed by atoms with Gasteiger partial charge in [-0.3, -0.25) is 4.79 Å². The van der Waals surface area contributed by atoms with E-state index < -0.39 is 5.41 Å². The van der Waals surface area contributed by atoms with Gasteiger partial charge in [-0.2, -0.15) is 0 Å². The molecule has 0 aromatic heterocycles. The Labute approximate surface area is 115 Å². The molecule has 0 radical (unpaired) electrons. The van der Waals surface area contributed by atoms with E-state index in [1.54, 1.807) is 7.11 Å². The SMILES string of the molecule is COc1cccc(C2(C)CCCCC2(C)C(N)=O)c1. The lowest BCUT2D eigenvalue weighted by Gasteiger charge is -2.48. The Hall–Kier alpha value is -1.51. The predicted molar refractivity (Wildman–Crippen MR) is 76.1 cm³/mol. The number of benzene rings is 1. The van der Waals surface area contributed by atoms with Crippen LogP contribution in [0.25, 0.3) is 0 Å². The highest BCUT2D eigenvalue weighted by molar-refractivity contribution is 5.82. The van der Waals surface area contributed by atoms with Crippen LogP contribution in [-0.2, 0) is 10.2 Å². The molecule has 0 spiro atoms. The van der Waals surface area contributed by atoms with Crippen molar-refractivity contribution >= 4 is 5.91 Å². The van der Waals surface area contributed by atoms with E-state index >= 15 is 0 Å². The van der Waals surface area contributed by atoms with Gasteiger partial charge in [0.2, 0.25) is 5.91 Å². The average Bonchev–Trinajstić information content (AvgIpc) is 2.42. The topological polar surface area (TPSA) is 52.3 Å². The van der Waals surface area contributed by atoms with Crippen molar-refractivity contribution in [1.82, 2.24) is 0 Å². The number of carbonyl (C=O) groups excluding carboxylic acids is 1. The normalized spacial score (nSPS) is 30.9. The van der Waals surface area contributed by atoms with Crippen LogP contribution in [0.1, 0.15) is 45.1 Å². The molecule has 1 fully saturated rings. The van der Waals surface area contributed by atoms with Crippen molar-refractivity contribution in [2.45, 2.75) is 44.9 Å². The van der Waals surface area contributed by atoms with Crippen LogP contribution in [0.4, 0.5) is 0 Å². The fraction of sp³-hybridized carbons (Fsp3) is 0.562. The molecule has 1 aromatic rings. The van der Waals surface area contributed by atoms with Crippen molar-refractivity contribution in [3.05, 3.63) is 29.8 Å². The lowest BCUT2D eigenvalue weighted by molar-refractivity contribution is -0.133. The van der Waals surface area contributed by atoms with Crippen LogP contribution in [0.15, 0.2) is 24.3 Å². The van der Waals surface area contributed by atoms with Crippen LogP contribution >= 0.6 is 0 Å². The van der Waals surface area contributed by atoms with Crippen LogP contribution in [0, 0.1) is 5.41 Å². The zero-order chi connectivity index (χ0) is 14.1. The summed E-state index contributed by atoms with van der Waals surface area (Å²) >= 11 is 0. The fourth-order valence-corrected chi connectivity index (χ4v) is 3.33. The minimum absolute atomic E-state index is 0.197. The third kappa shape index (κ3) is 2.11. The van der Waals surface area contributed by atoms with Gasteiger partial charge in [0.1, 0.15) is 5.75 Å². The number of amides is 1. The van der Waals surface area contributed by atoms with Gasteiger partial charge < -0.3 is 10.5 Å². The second kappa shape index (κ2) is 4.87. The Balaban J connectivity index is 2.50. The molecule has 2 N–H and O–H groups in total. The van der Waals surface area contributed by atoms with Gasteiger partial charge in [-0.05, 0) is 37.5 Å². The highest BCUT2D eigenvalue weighted by atomic mass is 16.5. The summed E-state index contributed by atoms with van der Waals surface area (Å²) < 4.78 is 5.30. The standard InChI is InChI=1S/C16H23NO2/c1-15(12-7-6-8-13(11-12)19-3)9-4-5-10-16(15,2)14(17)18/h6-8,11H,4-5,9-10H2,1-3H3,(H2,17,18). The Kier molecular flexibility index (Phi) is 3.57. The lowest BCUT2D eigenvalue weighted by Crippen LogP contribution is -2.52. The summed E-state index contributed by atoms with van der Waals surface area (Å²) in [5, 5.41) is 0. The monoisotopic (exact) mass is 261 g/mol. The maximum atomic E-state index is 12.0. The molecule has 1 saturated carbocycles. The van der Waals surface area contributed by atoms with Gasteiger partial charge in [-0.15, -0.1) is 0 Å². The maximum absolute atomic E-state index is 12.0. The molecule has 1 aromatic carbocycles. The maximum Gasteiger partial charge on any atom is 0.224 e. The number of hydrogen-bond donors (Lipinski definition) is 1. The van der Waals surface area contributed by atoms with E-state index in [9.17, 15) is 4.79 Å². The quantitative estimate of drug-likeness (QED) is 0.909. The zero-order valence-corrected chi connectivity index (χ0v) is 12.0. The van der Waals surface area contributed by atoms with E-state index in [1.165, 1.54) is 0 Å². The minimum atomic E-state index is -0.488. The van der Waals surface area contributed by atoms with Crippen molar-refractivity contribution in [2.24, 2.45) is 11.1 Å². The Morgan fingerprint density at radius 1 is 1.26 bits per heavy atom. The summed E-state index contributed by atoms with van der Waals surface area (Å²) in [6, 6.07) is 8.02. The Morgan fingerprint density at radius 2 is 1.95 bits per heavy atom. The lowest BCUT2D eigenvalue weighted by atomic mass is 9.54. The molecular formula is C16H23NO2. The largest absolute Gasteiger partial charge is 0.497 e. The summed E-state index contributed by atoms with van der Waals surface area (Å²) in [5.41, 5.74) is 6.16. The number of primary amides is 1. The summed E-state index contributed by atoms with van der Waals surface area (Å²) in [7, 11) is 1.66. The predicted octanol–water partition coefficient (Wildman–Crippen LogP) is 3.02. The molecule has 1 amide bonds. The summed E-state index contributed by atoms with van der Waals surface area (Å²) in [4.78, 5) is 12.0. The van der Waals surface area contributed by atoms with Gasteiger partial charge in [-0.1, -0.05) is 31.9 Å². The van der Waals surface area contributed by atoms with Gasteiger partial charge in [0.25, 0.3) is 0 Å². The molecule has 3 heteroatoms. The van der Waals surface area contributed by atoms with E-state index in [0.717, 1.165) is 37.0 Å². The highest BCUT2D eigenvalue weighted by Crippen LogP contribution is 2.52. The van der Waals surface area contributed by atoms with Gasteiger partial charge >= 0.3 is 0 Å². The third-order valence-electron chi connectivity index (χ3n) is 5.07. The molecule has 2 atom stereocenters. The molecular weight excluding hydrogens is 238 g/mol. The first-order chi connectivity index (χ1) is 8.94. The van der Waals surface area contributed by atoms with E-state index in [2.05, 4.69) is 13.0 Å². The second-order valence-electron chi connectivity index (χ2n) is 5.97. The van der Waals surface area contributed by atoms with Gasteiger partial charge in [-0.25, -0.2) is 0 Å². The summed E-state index contributed by atoms with van der Waals surface area (Å²) in [5.74, 6) is 0.633. The molecule has 0 heterocycles. The van der Waals surface area contributed by atoms with Gasteiger partial charge in [0.05, 0.1) is 12.5 Å². The molecule has 3 nitrogen and oxygen atoms in total. The van der Waals surface area contributed by atoms with Crippen LogP contribution in [0.5, 0.6) is 5.75 Å². The van der Waals surface area contributed by atoms with Crippen LogP contribution < -0.4 is 10.5 Å². The molecule has 1 aliphatic carbocycles. The van der Waals surface area contributed by atoms with Crippen LogP contribution in [0.2, 0.25) is 0 Å². The minimum Gasteiger partial charge on any atom is -0.497 e. The highest BCUT2D eigenvalue weighted by Gasteiger charge is 2.51. The smallest absolute Gasteiger partial charge is 0.224 e. The van der Waals surface area contributed by atoms with Crippen molar-refractivity contribution < 1.29 is 9.53 Å².